The van der Waals surface area contributed by atoms with Crippen LogP contribution in [0.2, 0.25) is 0 Å². The van der Waals surface area contributed by atoms with Gasteiger partial charge in [-0.1, -0.05) is 18.2 Å². The average Bonchev–Trinajstić information content (AvgIpc) is 2.68. The molecule has 8 heteroatoms. The minimum Gasteiger partial charge on any atom is -0.353 e. The van der Waals surface area contributed by atoms with Crippen LogP contribution in [0.25, 0.3) is 11.0 Å². The molecule has 0 radical (unpaired) electrons. The van der Waals surface area contributed by atoms with E-state index in [1.165, 1.54) is 12.3 Å². The van der Waals surface area contributed by atoms with Crippen molar-refractivity contribution in [2.75, 3.05) is 31.1 Å². The van der Waals surface area contributed by atoms with Crippen LogP contribution >= 0.6 is 0 Å². The molecule has 0 bridgehead atoms. The molecule has 5 nitrogen and oxygen atoms in total. The van der Waals surface area contributed by atoms with Crippen molar-refractivity contribution in [3.8, 4) is 0 Å². The maximum Gasteiger partial charge on any atom is 0.433 e. The van der Waals surface area contributed by atoms with E-state index in [2.05, 4.69) is 14.9 Å². The summed E-state index contributed by atoms with van der Waals surface area (Å²) >= 11 is 0. The van der Waals surface area contributed by atoms with Crippen molar-refractivity contribution < 1.29 is 13.2 Å². The van der Waals surface area contributed by atoms with E-state index < -0.39 is 11.9 Å². The number of pyridine rings is 1. The number of halogens is 3. The van der Waals surface area contributed by atoms with Crippen molar-refractivity contribution in [2.24, 2.45) is 0 Å². The molecule has 0 spiro atoms. The molecule has 0 unspecified atom stereocenters. The lowest BCUT2D eigenvalue weighted by Crippen LogP contribution is -2.46. The number of hydrogen-bond acceptors (Lipinski definition) is 5. The van der Waals surface area contributed by atoms with Gasteiger partial charge in [0.2, 0.25) is 0 Å². The van der Waals surface area contributed by atoms with E-state index in [0.717, 1.165) is 22.5 Å². The number of rotatable bonds is 3. The first-order valence-electron chi connectivity index (χ1n) is 9.13. The second kappa shape index (κ2) is 7.35. The van der Waals surface area contributed by atoms with Gasteiger partial charge in [0.15, 0.2) is 5.82 Å². The van der Waals surface area contributed by atoms with Gasteiger partial charge >= 0.3 is 6.18 Å². The Bertz CT molecular complexity index is 981. The number of aryl methyl sites for hydroxylation is 1. The number of benzene rings is 1. The summed E-state index contributed by atoms with van der Waals surface area (Å²) in [5, 5.41) is 0. The van der Waals surface area contributed by atoms with Crippen molar-refractivity contribution in [1.82, 2.24) is 19.9 Å². The number of anilines is 1. The zero-order valence-corrected chi connectivity index (χ0v) is 15.4. The van der Waals surface area contributed by atoms with Gasteiger partial charge in [-0.05, 0) is 30.7 Å². The Hall–Kier alpha value is -2.74. The molecule has 0 saturated carbocycles. The standard InChI is InChI=1S/C20H20F3N5/c1-14-19(26-17-7-3-2-6-16(17)25-14)28-11-9-27(10-12-28)13-15-5-4-8-24-18(15)20(21,22)23/h2-8H,9-13H2,1H3. The fourth-order valence-electron chi connectivity index (χ4n) is 3.56. The lowest BCUT2D eigenvalue weighted by molar-refractivity contribution is -0.142. The Labute approximate surface area is 160 Å². The van der Waals surface area contributed by atoms with Crippen molar-refractivity contribution in [3.63, 3.8) is 0 Å². The highest BCUT2D eigenvalue weighted by molar-refractivity contribution is 5.76. The van der Waals surface area contributed by atoms with Crippen molar-refractivity contribution in [1.29, 1.82) is 0 Å². The van der Waals surface area contributed by atoms with Crippen LogP contribution in [-0.4, -0.2) is 46.0 Å². The van der Waals surface area contributed by atoms with E-state index in [-0.39, 0.29) is 12.1 Å². The summed E-state index contributed by atoms with van der Waals surface area (Å²) in [5.41, 5.74) is 1.98. The number of para-hydroxylation sites is 2. The maximum atomic E-state index is 13.2. The van der Waals surface area contributed by atoms with Crippen LogP contribution in [0.15, 0.2) is 42.6 Å². The summed E-state index contributed by atoms with van der Waals surface area (Å²) in [6.45, 7) is 4.86. The lowest BCUT2D eigenvalue weighted by atomic mass is 10.1. The largest absolute Gasteiger partial charge is 0.433 e. The molecule has 1 aliphatic rings. The summed E-state index contributed by atoms with van der Waals surface area (Å²) in [4.78, 5) is 17.1. The summed E-state index contributed by atoms with van der Waals surface area (Å²) < 4.78 is 39.5. The zero-order chi connectivity index (χ0) is 19.7. The van der Waals surface area contributed by atoms with Crippen molar-refractivity contribution >= 4 is 16.9 Å². The summed E-state index contributed by atoms with van der Waals surface area (Å²) in [6, 6.07) is 10.8. The molecule has 1 saturated heterocycles. The molecular formula is C20H20F3N5. The van der Waals surface area contributed by atoms with Crippen LogP contribution in [0.1, 0.15) is 17.0 Å². The number of nitrogens with zero attached hydrogens (tertiary/aromatic N) is 5. The number of hydrogen-bond donors (Lipinski definition) is 0. The Morgan fingerprint density at radius 3 is 2.29 bits per heavy atom. The SMILES string of the molecule is Cc1nc2ccccc2nc1N1CCN(Cc2cccnc2C(F)(F)F)CC1. The van der Waals surface area contributed by atoms with Crippen LogP contribution in [-0.2, 0) is 12.7 Å². The van der Waals surface area contributed by atoms with Gasteiger partial charge in [-0.2, -0.15) is 13.2 Å². The van der Waals surface area contributed by atoms with E-state index >= 15 is 0 Å². The van der Waals surface area contributed by atoms with Crippen LogP contribution in [0.5, 0.6) is 0 Å². The van der Waals surface area contributed by atoms with E-state index in [4.69, 9.17) is 4.98 Å². The van der Waals surface area contributed by atoms with Gasteiger partial charge in [0.25, 0.3) is 0 Å². The van der Waals surface area contributed by atoms with Gasteiger partial charge < -0.3 is 4.90 Å². The van der Waals surface area contributed by atoms with Gasteiger partial charge in [0.1, 0.15) is 5.69 Å². The summed E-state index contributed by atoms with van der Waals surface area (Å²) in [6.07, 6.45) is -3.25. The number of alkyl halides is 3. The highest BCUT2D eigenvalue weighted by atomic mass is 19.4. The van der Waals surface area contributed by atoms with Crippen LogP contribution < -0.4 is 4.90 Å². The Morgan fingerprint density at radius 2 is 1.61 bits per heavy atom. The molecule has 2 aromatic heterocycles. The van der Waals surface area contributed by atoms with E-state index in [1.807, 2.05) is 36.1 Å². The molecule has 0 atom stereocenters. The summed E-state index contributed by atoms with van der Waals surface area (Å²) in [5.74, 6) is 0.843. The van der Waals surface area contributed by atoms with Crippen LogP contribution in [0, 0.1) is 6.92 Å². The molecule has 1 fully saturated rings. The molecule has 28 heavy (non-hydrogen) atoms. The fourth-order valence-corrected chi connectivity index (χ4v) is 3.56. The van der Waals surface area contributed by atoms with Crippen molar-refractivity contribution in [2.45, 2.75) is 19.6 Å². The minimum absolute atomic E-state index is 0.213. The molecule has 0 aliphatic carbocycles. The van der Waals surface area contributed by atoms with Gasteiger partial charge in [0.05, 0.1) is 16.7 Å². The van der Waals surface area contributed by atoms with Gasteiger partial charge in [-0.3, -0.25) is 9.88 Å². The molecule has 1 aromatic carbocycles. The van der Waals surface area contributed by atoms with E-state index in [0.29, 0.717) is 26.2 Å². The van der Waals surface area contributed by atoms with Gasteiger partial charge in [0, 0.05) is 38.9 Å². The predicted molar refractivity (Wildman–Crippen MR) is 101 cm³/mol. The van der Waals surface area contributed by atoms with Crippen LogP contribution in [0.4, 0.5) is 19.0 Å². The molecule has 1 aliphatic heterocycles. The Balaban J connectivity index is 1.47. The fraction of sp³-hybridized carbons (Fsp3) is 0.350. The molecule has 4 rings (SSSR count). The summed E-state index contributed by atoms with van der Waals surface area (Å²) in [7, 11) is 0. The maximum absolute atomic E-state index is 13.2. The first-order chi connectivity index (χ1) is 13.4. The second-order valence-electron chi connectivity index (χ2n) is 6.89. The average molecular weight is 387 g/mol. The van der Waals surface area contributed by atoms with E-state index in [9.17, 15) is 13.2 Å². The second-order valence-corrected chi connectivity index (χ2v) is 6.89. The van der Waals surface area contributed by atoms with Crippen LogP contribution in [0.3, 0.4) is 0 Å². The minimum atomic E-state index is -4.43. The zero-order valence-electron chi connectivity index (χ0n) is 15.4. The lowest BCUT2D eigenvalue weighted by Gasteiger charge is -2.36. The normalized spacial score (nSPS) is 15.9. The highest BCUT2D eigenvalue weighted by Crippen LogP contribution is 2.31. The van der Waals surface area contributed by atoms with E-state index in [1.54, 1.807) is 6.07 Å². The topological polar surface area (TPSA) is 45.2 Å². The highest BCUT2D eigenvalue weighted by Gasteiger charge is 2.35. The molecule has 0 amide bonds. The van der Waals surface area contributed by atoms with Crippen molar-refractivity contribution in [3.05, 3.63) is 59.5 Å². The third-order valence-electron chi connectivity index (χ3n) is 4.95. The third kappa shape index (κ3) is 3.77. The van der Waals surface area contributed by atoms with Gasteiger partial charge in [-0.15, -0.1) is 0 Å². The predicted octanol–water partition coefficient (Wildman–Crippen LogP) is 3.67. The first-order valence-corrected chi connectivity index (χ1v) is 9.13. The number of piperazine rings is 1. The number of fused-ring (bicyclic) bond motifs is 1. The number of aromatic nitrogens is 3. The Morgan fingerprint density at radius 1 is 0.929 bits per heavy atom. The molecule has 146 valence electrons. The smallest absolute Gasteiger partial charge is 0.353 e. The molecular weight excluding hydrogens is 367 g/mol. The van der Waals surface area contributed by atoms with Gasteiger partial charge in [-0.25, -0.2) is 9.97 Å². The third-order valence-corrected chi connectivity index (χ3v) is 4.95. The molecule has 0 N–H and O–H groups in total. The quantitative estimate of drug-likeness (QED) is 0.686. The Kier molecular flexibility index (Phi) is 4.89. The molecule has 3 aromatic rings. The first kappa shape index (κ1) is 18.6. The monoisotopic (exact) mass is 387 g/mol. The molecule has 3 heterocycles.